The third kappa shape index (κ3) is 3.33. The predicted octanol–water partition coefficient (Wildman–Crippen LogP) is 2.41. The average molecular weight is 238 g/mol. The van der Waals surface area contributed by atoms with E-state index in [1.807, 2.05) is 0 Å². The first-order valence-electron chi connectivity index (χ1n) is 6.05. The number of rotatable bonds is 3. The van der Waals surface area contributed by atoms with Crippen LogP contribution in [0.4, 0.5) is 10.1 Å². The molecule has 1 aromatic carbocycles. The number of aromatic hydroxyl groups is 1. The molecular weight excluding hydrogens is 219 g/mol. The number of nitrogens with one attached hydrogen (secondary N) is 1. The van der Waals surface area contributed by atoms with E-state index in [2.05, 4.69) is 5.32 Å². The predicted molar refractivity (Wildman–Crippen MR) is 66.9 cm³/mol. The Labute approximate surface area is 101 Å². The van der Waals surface area contributed by atoms with Gasteiger partial charge in [0.1, 0.15) is 11.4 Å². The normalized spacial score (nSPS) is 28.9. The van der Waals surface area contributed by atoms with Gasteiger partial charge in [-0.25, -0.2) is 4.39 Å². The summed E-state index contributed by atoms with van der Waals surface area (Å²) in [6.07, 6.45) is 2.57. The monoisotopic (exact) mass is 238 g/mol. The molecule has 1 fully saturated rings. The van der Waals surface area contributed by atoms with Gasteiger partial charge in [-0.2, -0.15) is 0 Å². The maximum Gasteiger partial charge on any atom is 0.128 e. The lowest BCUT2D eigenvalue weighted by molar-refractivity contribution is 0.113. The summed E-state index contributed by atoms with van der Waals surface area (Å²) in [6, 6.07) is 6.82. The Morgan fingerprint density at radius 1 is 1.29 bits per heavy atom. The molecule has 0 amide bonds. The van der Waals surface area contributed by atoms with E-state index >= 15 is 0 Å². The van der Waals surface area contributed by atoms with E-state index in [0.29, 0.717) is 19.4 Å². The van der Waals surface area contributed by atoms with Crippen molar-refractivity contribution in [3.63, 3.8) is 0 Å². The molecule has 0 atom stereocenters. The van der Waals surface area contributed by atoms with Crippen molar-refractivity contribution in [3.05, 3.63) is 24.3 Å². The molecular formula is C13H19FN2O. The van der Waals surface area contributed by atoms with Crippen molar-refractivity contribution < 1.29 is 9.50 Å². The Hall–Kier alpha value is -1.29. The Bertz CT molecular complexity index is 358. The second-order valence-corrected chi connectivity index (χ2v) is 4.89. The lowest BCUT2D eigenvalue weighted by Crippen LogP contribution is -2.40. The van der Waals surface area contributed by atoms with Gasteiger partial charge in [-0.1, -0.05) is 0 Å². The second kappa shape index (κ2) is 4.92. The van der Waals surface area contributed by atoms with Gasteiger partial charge in [-0.15, -0.1) is 0 Å². The molecule has 4 heteroatoms. The minimum atomic E-state index is -1.15. The fraction of sp³-hybridized carbons (Fsp3) is 0.538. The highest BCUT2D eigenvalue weighted by Crippen LogP contribution is 2.31. The SMILES string of the molecule is NC1CCC(F)(CNc2ccc(O)cc2)CC1. The van der Waals surface area contributed by atoms with E-state index in [-0.39, 0.29) is 11.8 Å². The molecule has 1 aliphatic carbocycles. The minimum absolute atomic E-state index is 0.160. The van der Waals surface area contributed by atoms with Gasteiger partial charge in [0, 0.05) is 18.3 Å². The van der Waals surface area contributed by atoms with Crippen LogP contribution in [-0.2, 0) is 0 Å². The van der Waals surface area contributed by atoms with Crippen molar-refractivity contribution in [3.8, 4) is 5.75 Å². The first-order valence-corrected chi connectivity index (χ1v) is 6.05. The number of phenols is 1. The van der Waals surface area contributed by atoms with E-state index < -0.39 is 5.67 Å². The summed E-state index contributed by atoms with van der Waals surface area (Å²) >= 11 is 0. The molecule has 0 aromatic heterocycles. The number of phenolic OH excluding ortho intramolecular Hbond substituents is 1. The zero-order valence-corrected chi connectivity index (χ0v) is 9.82. The Kier molecular flexibility index (Phi) is 3.52. The molecule has 0 aliphatic heterocycles. The molecule has 0 radical (unpaired) electrons. The zero-order valence-electron chi connectivity index (χ0n) is 9.82. The molecule has 1 aromatic rings. The van der Waals surface area contributed by atoms with Gasteiger partial charge in [0.15, 0.2) is 0 Å². The van der Waals surface area contributed by atoms with Crippen molar-refractivity contribution in [2.75, 3.05) is 11.9 Å². The van der Waals surface area contributed by atoms with Gasteiger partial charge in [-0.3, -0.25) is 0 Å². The van der Waals surface area contributed by atoms with Crippen LogP contribution in [-0.4, -0.2) is 23.4 Å². The molecule has 4 N–H and O–H groups in total. The number of alkyl halides is 1. The largest absolute Gasteiger partial charge is 0.508 e. The van der Waals surface area contributed by atoms with Crippen LogP contribution in [0.25, 0.3) is 0 Å². The van der Waals surface area contributed by atoms with E-state index in [0.717, 1.165) is 18.5 Å². The third-order valence-electron chi connectivity index (χ3n) is 3.40. The van der Waals surface area contributed by atoms with E-state index in [4.69, 9.17) is 10.8 Å². The van der Waals surface area contributed by atoms with Crippen LogP contribution in [0.1, 0.15) is 25.7 Å². The summed E-state index contributed by atoms with van der Waals surface area (Å²) in [5.74, 6) is 0.217. The maximum atomic E-state index is 14.3. The lowest BCUT2D eigenvalue weighted by atomic mass is 9.84. The van der Waals surface area contributed by atoms with Gasteiger partial charge in [0.05, 0.1) is 0 Å². The van der Waals surface area contributed by atoms with Crippen LogP contribution in [0.5, 0.6) is 5.75 Å². The quantitative estimate of drug-likeness (QED) is 0.709. The lowest BCUT2D eigenvalue weighted by Gasteiger charge is -2.32. The highest BCUT2D eigenvalue weighted by molar-refractivity contribution is 5.46. The molecule has 1 aliphatic rings. The standard InChI is InChI=1S/C13H19FN2O/c14-13(7-5-10(15)6-8-13)9-16-11-1-3-12(17)4-2-11/h1-4,10,16-17H,5-9,15H2. The molecule has 0 heterocycles. The van der Waals surface area contributed by atoms with Crippen LogP contribution in [0, 0.1) is 0 Å². The average Bonchev–Trinajstić information content (AvgIpc) is 2.33. The molecule has 1 saturated carbocycles. The number of hydrogen-bond acceptors (Lipinski definition) is 3. The third-order valence-corrected chi connectivity index (χ3v) is 3.40. The Morgan fingerprint density at radius 2 is 1.88 bits per heavy atom. The highest BCUT2D eigenvalue weighted by atomic mass is 19.1. The summed E-state index contributed by atoms with van der Waals surface area (Å²) < 4.78 is 14.3. The van der Waals surface area contributed by atoms with E-state index in [9.17, 15) is 4.39 Å². The topological polar surface area (TPSA) is 58.3 Å². The zero-order chi connectivity index (χ0) is 12.3. The maximum absolute atomic E-state index is 14.3. The summed E-state index contributed by atoms with van der Waals surface area (Å²) in [5.41, 5.74) is 5.45. The Morgan fingerprint density at radius 3 is 2.47 bits per heavy atom. The number of hydrogen-bond donors (Lipinski definition) is 3. The van der Waals surface area contributed by atoms with Crippen molar-refractivity contribution in [2.24, 2.45) is 5.73 Å². The molecule has 2 rings (SSSR count). The van der Waals surface area contributed by atoms with Crippen LogP contribution in [0.2, 0.25) is 0 Å². The van der Waals surface area contributed by atoms with Crippen molar-refractivity contribution in [1.29, 1.82) is 0 Å². The van der Waals surface area contributed by atoms with Crippen LogP contribution in [0.15, 0.2) is 24.3 Å². The van der Waals surface area contributed by atoms with Gasteiger partial charge in [0.25, 0.3) is 0 Å². The summed E-state index contributed by atoms with van der Waals surface area (Å²) in [5, 5.41) is 12.2. The van der Waals surface area contributed by atoms with Gasteiger partial charge in [0.2, 0.25) is 0 Å². The van der Waals surface area contributed by atoms with Crippen LogP contribution < -0.4 is 11.1 Å². The van der Waals surface area contributed by atoms with Crippen molar-refractivity contribution >= 4 is 5.69 Å². The second-order valence-electron chi connectivity index (χ2n) is 4.89. The highest BCUT2D eigenvalue weighted by Gasteiger charge is 2.33. The number of halogens is 1. The molecule has 17 heavy (non-hydrogen) atoms. The first kappa shape index (κ1) is 12.2. The first-order chi connectivity index (χ1) is 8.07. The summed E-state index contributed by atoms with van der Waals surface area (Å²) in [7, 11) is 0. The summed E-state index contributed by atoms with van der Waals surface area (Å²) in [4.78, 5) is 0. The summed E-state index contributed by atoms with van der Waals surface area (Å²) in [6.45, 7) is 0.310. The van der Waals surface area contributed by atoms with Crippen molar-refractivity contribution in [2.45, 2.75) is 37.4 Å². The fourth-order valence-corrected chi connectivity index (χ4v) is 2.17. The van der Waals surface area contributed by atoms with Gasteiger partial charge in [-0.05, 0) is 49.9 Å². The van der Waals surface area contributed by atoms with E-state index in [1.54, 1.807) is 24.3 Å². The number of benzene rings is 1. The minimum Gasteiger partial charge on any atom is -0.508 e. The number of anilines is 1. The van der Waals surface area contributed by atoms with E-state index in [1.165, 1.54) is 0 Å². The molecule has 0 unspecified atom stereocenters. The fourth-order valence-electron chi connectivity index (χ4n) is 2.17. The molecule has 0 bridgehead atoms. The molecule has 0 saturated heterocycles. The molecule has 0 spiro atoms. The van der Waals surface area contributed by atoms with Crippen LogP contribution in [0.3, 0.4) is 0 Å². The number of nitrogens with two attached hydrogens (primary N) is 1. The van der Waals surface area contributed by atoms with Gasteiger partial charge < -0.3 is 16.2 Å². The molecule has 94 valence electrons. The van der Waals surface area contributed by atoms with Gasteiger partial charge >= 0.3 is 0 Å². The van der Waals surface area contributed by atoms with Crippen molar-refractivity contribution in [1.82, 2.24) is 0 Å². The molecule has 3 nitrogen and oxygen atoms in total. The van der Waals surface area contributed by atoms with Crippen LogP contribution >= 0.6 is 0 Å². The smallest absolute Gasteiger partial charge is 0.128 e. The Balaban J connectivity index is 1.87.